The van der Waals surface area contributed by atoms with Crippen LogP contribution in [0, 0.1) is 5.92 Å². The van der Waals surface area contributed by atoms with Crippen LogP contribution in [-0.2, 0) is 10.0 Å². The van der Waals surface area contributed by atoms with E-state index < -0.39 is 10.0 Å². The maximum atomic E-state index is 12.5. The molecule has 0 saturated carbocycles. The number of benzene rings is 2. The number of halogens is 1. The summed E-state index contributed by atoms with van der Waals surface area (Å²) in [4.78, 5) is 12.7. The number of sulfonamides is 1. The molecular weight excluding hydrogens is 468 g/mol. The quantitative estimate of drug-likeness (QED) is 0.473. The number of nitrogens with one attached hydrogen (secondary N) is 2. The molecule has 0 aromatic heterocycles. The van der Waals surface area contributed by atoms with Gasteiger partial charge in [-0.1, -0.05) is 20.8 Å². The first-order chi connectivity index (χ1) is 14.1. The van der Waals surface area contributed by atoms with Crippen LogP contribution < -0.4 is 14.8 Å². The SMILES string of the molecule is CCC(C)NS(=O)(=O)c1ccc(NC(=O)c2ccc(OCCC(C)C)c(Br)c2)cc1. The van der Waals surface area contributed by atoms with Gasteiger partial charge in [0.1, 0.15) is 5.75 Å². The molecule has 0 aliphatic carbocycles. The third-order valence-corrected chi connectivity index (χ3v) is 6.76. The Morgan fingerprint density at radius 2 is 1.77 bits per heavy atom. The number of carbonyl (C=O) groups is 1. The minimum absolute atomic E-state index is 0.148. The topological polar surface area (TPSA) is 84.5 Å². The van der Waals surface area contributed by atoms with E-state index >= 15 is 0 Å². The fraction of sp³-hybridized carbons (Fsp3) is 0.409. The minimum atomic E-state index is -3.58. The lowest BCUT2D eigenvalue weighted by Gasteiger charge is -2.13. The summed E-state index contributed by atoms with van der Waals surface area (Å²) in [6.07, 6.45) is 1.65. The summed E-state index contributed by atoms with van der Waals surface area (Å²) in [5.74, 6) is 0.953. The van der Waals surface area contributed by atoms with Gasteiger partial charge in [0.05, 0.1) is 16.0 Å². The Balaban J connectivity index is 2.03. The second-order valence-electron chi connectivity index (χ2n) is 7.59. The highest BCUT2D eigenvalue weighted by atomic mass is 79.9. The van der Waals surface area contributed by atoms with Gasteiger partial charge < -0.3 is 10.1 Å². The number of hydrogen-bond donors (Lipinski definition) is 2. The average Bonchev–Trinajstić information content (AvgIpc) is 2.68. The molecule has 1 amide bonds. The van der Waals surface area contributed by atoms with Crippen molar-refractivity contribution >= 4 is 37.5 Å². The number of ether oxygens (including phenoxy) is 1. The van der Waals surface area contributed by atoms with E-state index in [4.69, 9.17) is 4.74 Å². The van der Waals surface area contributed by atoms with Gasteiger partial charge in [-0.15, -0.1) is 0 Å². The number of hydrogen-bond acceptors (Lipinski definition) is 4. The Morgan fingerprint density at radius 3 is 2.33 bits per heavy atom. The van der Waals surface area contributed by atoms with Crippen molar-refractivity contribution in [2.45, 2.75) is 51.5 Å². The maximum Gasteiger partial charge on any atom is 0.255 e. The summed E-state index contributed by atoms with van der Waals surface area (Å²) in [6.45, 7) is 8.61. The zero-order valence-corrected chi connectivity index (χ0v) is 20.1. The number of anilines is 1. The second-order valence-corrected chi connectivity index (χ2v) is 10.2. The first kappa shape index (κ1) is 24.4. The van der Waals surface area contributed by atoms with Crippen molar-refractivity contribution in [2.75, 3.05) is 11.9 Å². The molecule has 0 aliphatic heterocycles. The van der Waals surface area contributed by atoms with Crippen LogP contribution in [0.2, 0.25) is 0 Å². The van der Waals surface area contributed by atoms with E-state index in [0.29, 0.717) is 40.4 Å². The van der Waals surface area contributed by atoms with Crippen molar-refractivity contribution in [3.05, 3.63) is 52.5 Å². The normalized spacial score (nSPS) is 12.6. The lowest BCUT2D eigenvalue weighted by Crippen LogP contribution is -2.31. The highest BCUT2D eigenvalue weighted by Gasteiger charge is 2.17. The Labute approximate surface area is 187 Å². The first-order valence-electron chi connectivity index (χ1n) is 9.98. The Hall–Kier alpha value is -1.90. The van der Waals surface area contributed by atoms with Gasteiger partial charge >= 0.3 is 0 Å². The molecule has 2 aromatic carbocycles. The van der Waals surface area contributed by atoms with Gasteiger partial charge in [-0.05, 0) is 84.1 Å². The van der Waals surface area contributed by atoms with E-state index in [1.165, 1.54) is 12.1 Å². The molecule has 0 spiro atoms. The standard InChI is InChI=1S/C22H29BrN2O4S/c1-5-16(4)25-30(27,28)19-9-7-18(8-10-19)24-22(26)17-6-11-21(20(23)14-17)29-13-12-15(2)3/h6-11,14-16,25H,5,12-13H2,1-4H3,(H,24,26). The Morgan fingerprint density at radius 1 is 1.10 bits per heavy atom. The van der Waals surface area contributed by atoms with Crippen LogP contribution >= 0.6 is 15.9 Å². The van der Waals surface area contributed by atoms with Crippen LogP contribution in [0.5, 0.6) is 5.75 Å². The van der Waals surface area contributed by atoms with Crippen molar-refractivity contribution in [1.82, 2.24) is 4.72 Å². The third kappa shape index (κ3) is 7.11. The smallest absolute Gasteiger partial charge is 0.255 e. The molecule has 0 radical (unpaired) electrons. The monoisotopic (exact) mass is 496 g/mol. The van der Waals surface area contributed by atoms with Crippen molar-refractivity contribution in [2.24, 2.45) is 5.92 Å². The number of carbonyl (C=O) groups excluding carboxylic acids is 1. The van der Waals surface area contributed by atoms with Crippen molar-refractivity contribution in [3.63, 3.8) is 0 Å². The van der Waals surface area contributed by atoms with Crippen molar-refractivity contribution in [1.29, 1.82) is 0 Å². The largest absolute Gasteiger partial charge is 0.492 e. The summed E-state index contributed by atoms with van der Waals surface area (Å²) in [5, 5.41) is 2.78. The van der Waals surface area contributed by atoms with Gasteiger partial charge in [-0.2, -0.15) is 0 Å². The predicted octanol–water partition coefficient (Wildman–Crippen LogP) is 5.20. The molecule has 30 heavy (non-hydrogen) atoms. The number of amides is 1. The molecule has 0 saturated heterocycles. The molecule has 1 unspecified atom stereocenters. The van der Waals surface area contributed by atoms with Gasteiger partial charge in [0.2, 0.25) is 10.0 Å². The summed E-state index contributed by atoms with van der Waals surface area (Å²) in [6, 6.07) is 11.1. The van der Waals surface area contributed by atoms with E-state index in [1.54, 1.807) is 30.3 Å². The lowest BCUT2D eigenvalue weighted by atomic mass is 10.1. The molecule has 0 fully saturated rings. The van der Waals surface area contributed by atoms with E-state index in [9.17, 15) is 13.2 Å². The third-order valence-electron chi connectivity index (χ3n) is 4.54. The summed E-state index contributed by atoms with van der Waals surface area (Å²) >= 11 is 3.45. The summed E-state index contributed by atoms with van der Waals surface area (Å²) in [5.41, 5.74) is 0.976. The van der Waals surface area contributed by atoms with E-state index in [-0.39, 0.29) is 16.8 Å². The highest BCUT2D eigenvalue weighted by molar-refractivity contribution is 9.10. The van der Waals surface area contributed by atoms with Crippen LogP contribution in [0.25, 0.3) is 0 Å². The minimum Gasteiger partial charge on any atom is -0.492 e. The van der Waals surface area contributed by atoms with Crippen molar-refractivity contribution in [3.8, 4) is 5.75 Å². The van der Waals surface area contributed by atoms with E-state index in [1.807, 2.05) is 13.8 Å². The van der Waals surface area contributed by atoms with E-state index in [0.717, 1.165) is 6.42 Å². The van der Waals surface area contributed by atoms with Crippen LogP contribution in [0.3, 0.4) is 0 Å². The molecule has 0 aliphatic rings. The lowest BCUT2D eigenvalue weighted by molar-refractivity contribution is 0.102. The molecule has 2 aromatic rings. The fourth-order valence-electron chi connectivity index (χ4n) is 2.50. The van der Waals surface area contributed by atoms with Crippen LogP contribution in [0.15, 0.2) is 51.8 Å². The van der Waals surface area contributed by atoms with E-state index in [2.05, 4.69) is 39.8 Å². The maximum absolute atomic E-state index is 12.5. The number of rotatable bonds is 10. The first-order valence-corrected chi connectivity index (χ1v) is 12.3. The van der Waals surface area contributed by atoms with Gasteiger partial charge in [-0.25, -0.2) is 13.1 Å². The van der Waals surface area contributed by atoms with Gasteiger partial charge in [0.25, 0.3) is 5.91 Å². The molecule has 0 heterocycles. The molecular formula is C22H29BrN2O4S. The zero-order valence-electron chi connectivity index (χ0n) is 17.7. The Kier molecular flexibility index (Phi) is 8.88. The molecule has 6 nitrogen and oxygen atoms in total. The zero-order chi connectivity index (χ0) is 22.3. The van der Waals surface area contributed by atoms with Gasteiger partial charge in [-0.3, -0.25) is 4.79 Å². The van der Waals surface area contributed by atoms with Gasteiger partial charge in [0.15, 0.2) is 0 Å². The predicted molar refractivity (Wildman–Crippen MR) is 124 cm³/mol. The Bertz CT molecular complexity index is 960. The summed E-state index contributed by atoms with van der Waals surface area (Å²) < 4.78 is 33.7. The molecule has 1 atom stereocenters. The highest BCUT2D eigenvalue weighted by Crippen LogP contribution is 2.27. The van der Waals surface area contributed by atoms with Gasteiger partial charge in [0, 0.05) is 17.3 Å². The average molecular weight is 497 g/mol. The second kappa shape index (κ2) is 10.9. The molecule has 8 heteroatoms. The van der Waals surface area contributed by atoms with Crippen LogP contribution in [0.4, 0.5) is 5.69 Å². The molecule has 0 bridgehead atoms. The van der Waals surface area contributed by atoms with Crippen LogP contribution in [0.1, 0.15) is 50.9 Å². The summed E-state index contributed by atoms with van der Waals surface area (Å²) in [7, 11) is -3.58. The van der Waals surface area contributed by atoms with Crippen LogP contribution in [-0.4, -0.2) is 27.0 Å². The molecule has 2 N–H and O–H groups in total. The van der Waals surface area contributed by atoms with Crippen molar-refractivity contribution < 1.29 is 17.9 Å². The molecule has 164 valence electrons. The fourth-order valence-corrected chi connectivity index (χ4v) is 4.32. The molecule has 2 rings (SSSR count).